The number of carbonyl (C=O) groups is 1. The highest BCUT2D eigenvalue weighted by Gasteiger charge is 2.35. The van der Waals surface area contributed by atoms with E-state index in [9.17, 15) is 27.5 Å². The second-order valence-corrected chi connectivity index (χ2v) is 8.81. The van der Waals surface area contributed by atoms with Crippen LogP contribution in [0.5, 0.6) is 0 Å². The van der Waals surface area contributed by atoms with E-state index in [1.54, 1.807) is 24.5 Å². The van der Waals surface area contributed by atoms with Gasteiger partial charge < -0.3 is 20.9 Å². The molecule has 1 fully saturated rings. The molecule has 9 nitrogen and oxygen atoms in total. The molecule has 3 aromatic heterocycles. The SMILES string of the molecule is Nc1nccn2c(C3CCC(CO)OC3)nc(-c3ccc(C(=O)Nc4nccc(C(F)(F)F)c4F)cc3)c12. The fourth-order valence-corrected chi connectivity index (χ4v) is 4.44. The number of carbonyl (C=O) groups excluding carboxylic acids is 1. The lowest BCUT2D eigenvalue weighted by Gasteiger charge is -2.27. The number of benzene rings is 1. The lowest BCUT2D eigenvalue weighted by molar-refractivity contribution is -0.140. The van der Waals surface area contributed by atoms with Gasteiger partial charge >= 0.3 is 6.18 Å². The summed E-state index contributed by atoms with van der Waals surface area (Å²) in [5, 5.41) is 11.4. The highest BCUT2D eigenvalue weighted by molar-refractivity contribution is 6.04. The molecule has 198 valence electrons. The van der Waals surface area contributed by atoms with Crippen LogP contribution in [0.4, 0.5) is 29.2 Å². The van der Waals surface area contributed by atoms with Gasteiger partial charge in [0.2, 0.25) is 0 Å². The van der Waals surface area contributed by atoms with E-state index in [4.69, 9.17) is 15.5 Å². The topological polar surface area (TPSA) is 128 Å². The van der Waals surface area contributed by atoms with Crippen molar-refractivity contribution in [3.05, 3.63) is 71.7 Å². The number of halogens is 4. The van der Waals surface area contributed by atoms with Gasteiger partial charge in [-0.25, -0.2) is 19.3 Å². The Labute approximate surface area is 213 Å². The van der Waals surface area contributed by atoms with Crippen LogP contribution in [0.3, 0.4) is 0 Å². The lowest BCUT2D eigenvalue weighted by atomic mass is 9.98. The Kier molecular flexibility index (Phi) is 6.71. The van der Waals surface area contributed by atoms with Gasteiger partial charge in [-0.2, -0.15) is 13.2 Å². The Morgan fingerprint density at radius 3 is 2.58 bits per heavy atom. The smallest absolute Gasteiger partial charge is 0.394 e. The minimum Gasteiger partial charge on any atom is -0.394 e. The van der Waals surface area contributed by atoms with Gasteiger partial charge in [0, 0.05) is 35.6 Å². The summed E-state index contributed by atoms with van der Waals surface area (Å²) in [6.07, 6.45) is 0.372. The number of hydrogen-bond donors (Lipinski definition) is 3. The van der Waals surface area contributed by atoms with E-state index >= 15 is 0 Å². The third-order valence-electron chi connectivity index (χ3n) is 6.40. The number of nitrogens with zero attached hydrogens (tertiary/aromatic N) is 4. The summed E-state index contributed by atoms with van der Waals surface area (Å²) in [6.45, 7) is 0.332. The molecule has 13 heteroatoms. The van der Waals surface area contributed by atoms with Crippen molar-refractivity contribution >= 4 is 23.1 Å². The second-order valence-electron chi connectivity index (χ2n) is 8.81. The Balaban J connectivity index is 1.42. The van der Waals surface area contributed by atoms with Crippen LogP contribution in [-0.2, 0) is 10.9 Å². The maximum Gasteiger partial charge on any atom is 0.419 e. The third kappa shape index (κ3) is 4.77. The number of pyridine rings is 1. The number of aliphatic hydroxyl groups is 1. The van der Waals surface area contributed by atoms with Crippen LogP contribution in [0.2, 0.25) is 0 Å². The van der Waals surface area contributed by atoms with Crippen LogP contribution in [0.25, 0.3) is 16.8 Å². The van der Waals surface area contributed by atoms with E-state index in [1.807, 2.05) is 4.40 Å². The summed E-state index contributed by atoms with van der Waals surface area (Å²) < 4.78 is 60.7. The van der Waals surface area contributed by atoms with Gasteiger partial charge in [0.25, 0.3) is 5.91 Å². The molecule has 4 N–H and O–H groups in total. The first-order valence-corrected chi connectivity index (χ1v) is 11.7. The number of aromatic nitrogens is 4. The molecule has 4 heterocycles. The van der Waals surface area contributed by atoms with Crippen molar-refractivity contribution in [1.82, 2.24) is 19.4 Å². The van der Waals surface area contributed by atoms with Crippen LogP contribution in [0, 0.1) is 5.82 Å². The van der Waals surface area contributed by atoms with Gasteiger partial charge in [-0.1, -0.05) is 12.1 Å². The molecule has 2 unspecified atom stereocenters. The van der Waals surface area contributed by atoms with Crippen LogP contribution < -0.4 is 11.1 Å². The highest BCUT2D eigenvalue weighted by atomic mass is 19.4. The number of nitrogen functional groups attached to an aromatic ring is 1. The van der Waals surface area contributed by atoms with Gasteiger partial charge in [0.05, 0.1) is 24.9 Å². The van der Waals surface area contributed by atoms with Crippen molar-refractivity contribution in [2.45, 2.75) is 31.0 Å². The zero-order valence-corrected chi connectivity index (χ0v) is 19.7. The minimum atomic E-state index is -4.93. The van der Waals surface area contributed by atoms with Crippen LogP contribution in [0.15, 0.2) is 48.9 Å². The van der Waals surface area contributed by atoms with Crippen LogP contribution >= 0.6 is 0 Å². The number of nitrogens with two attached hydrogens (primary N) is 1. The van der Waals surface area contributed by atoms with E-state index in [0.29, 0.717) is 41.7 Å². The van der Waals surface area contributed by atoms with Crippen molar-refractivity contribution in [3.63, 3.8) is 0 Å². The fourth-order valence-electron chi connectivity index (χ4n) is 4.44. The number of rotatable bonds is 5. The monoisotopic (exact) mass is 530 g/mol. The van der Waals surface area contributed by atoms with E-state index < -0.39 is 29.3 Å². The molecular weight excluding hydrogens is 508 g/mol. The molecule has 5 rings (SSSR count). The molecule has 38 heavy (non-hydrogen) atoms. The summed E-state index contributed by atoms with van der Waals surface area (Å²) >= 11 is 0. The molecule has 0 spiro atoms. The number of fused-ring (bicyclic) bond motifs is 1. The predicted octanol–water partition coefficient (Wildman–Crippen LogP) is 4.04. The molecular formula is C25H22F4N6O3. The van der Waals surface area contributed by atoms with E-state index in [1.165, 1.54) is 12.1 Å². The van der Waals surface area contributed by atoms with Gasteiger partial charge in [0.15, 0.2) is 11.6 Å². The number of alkyl halides is 3. The molecule has 1 aliphatic heterocycles. The highest BCUT2D eigenvalue weighted by Crippen LogP contribution is 2.35. The number of anilines is 2. The zero-order chi connectivity index (χ0) is 27.0. The third-order valence-corrected chi connectivity index (χ3v) is 6.40. The predicted molar refractivity (Wildman–Crippen MR) is 129 cm³/mol. The van der Waals surface area contributed by atoms with E-state index in [-0.39, 0.29) is 30.0 Å². The summed E-state index contributed by atoms with van der Waals surface area (Å²) in [4.78, 5) is 25.1. The van der Waals surface area contributed by atoms with Crippen molar-refractivity contribution in [1.29, 1.82) is 0 Å². The molecule has 1 aliphatic rings. The number of imidazole rings is 1. The maximum absolute atomic E-state index is 14.3. The van der Waals surface area contributed by atoms with Crippen molar-refractivity contribution in [2.75, 3.05) is 24.3 Å². The Hall–Kier alpha value is -4.10. The normalized spacial score (nSPS) is 18.0. The fraction of sp³-hybridized carbons (Fsp3) is 0.280. The average molecular weight is 530 g/mol. The number of hydrogen-bond acceptors (Lipinski definition) is 7. The molecule has 1 amide bonds. The lowest BCUT2D eigenvalue weighted by Crippen LogP contribution is -2.28. The summed E-state index contributed by atoms with van der Waals surface area (Å²) in [5.41, 5.74) is 6.42. The molecule has 1 aromatic carbocycles. The van der Waals surface area contributed by atoms with Gasteiger partial charge in [-0.05, 0) is 31.0 Å². The number of amides is 1. The summed E-state index contributed by atoms with van der Waals surface area (Å²) in [6, 6.07) is 6.56. The van der Waals surface area contributed by atoms with Crippen molar-refractivity contribution < 1.29 is 32.2 Å². The quantitative estimate of drug-likeness (QED) is 0.332. The van der Waals surface area contributed by atoms with Gasteiger partial charge in [-0.15, -0.1) is 0 Å². The number of nitrogens with one attached hydrogen (secondary N) is 1. The zero-order valence-electron chi connectivity index (χ0n) is 19.7. The van der Waals surface area contributed by atoms with Crippen molar-refractivity contribution in [2.24, 2.45) is 0 Å². The van der Waals surface area contributed by atoms with Gasteiger partial charge in [0.1, 0.15) is 22.9 Å². The Morgan fingerprint density at radius 1 is 1.16 bits per heavy atom. The average Bonchev–Trinajstić information content (AvgIpc) is 3.30. The maximum atomic E-state index is 14.3. The standard InChI is InChI=1S/C25H22F4N6O3/c26-18-17(25(27,28)29)7-8-32-22(18)34-24(37)14-3-1-13(2-4-14)19-20-21(30)31-9-10-35(20)23(33-19)15-5-6-16(11-36)38-12-15/h1-4,7-10,15-16,36H,5-6,11-12H2,(H2,30,31)(H,32,34,37). The molecule has 0 saturated carbocycles. The molecule has 0 radical (unpaired) electrons. The molecule has 0 bridgehead atoms. The largest absolute Gasteiger partial charge is 0.419 e. The molecule has 4 aromatic rings. The number of ether oxygens (including phenoxy) is 1. The first kappa shape index (κ1) is 25.5. The van der Waals surface area contributed by atoms with Crippen LogP contribution in [0.1, 0.15) is 40.5 Å². The number of aliphatic hydroxyl groups excluding tert-OH is 1. The minimum absolute atomic E-state index is 0.0410. The molecule has 1 saturated heterocycles. The van der Waals surface area contributed by atoms with E-state index in [2.05, 4.69) is 15.3 Å². The van der Waals surface area contributed by atoms with E-state index in [0.717, 1.165) is 12.6 Å². The molecule has 0 aliphatic carbocycles. The van der Waals surface area contributed by atoms with Crippen molar-refractivity contribution in [3.8, 4) is 11.3 Å². The Morgan fingerprint density at radius 2 is 1.92 bits per heavy atom. The summed E-state index contributed by atoms with van der Waals surface area (Å²) in [7, 11) is 0. The second kappa shape index (κ2) is 9.99. The Bertz CT molecular complexity index is 1480. The van der Waals surface area contributed by atoms with Gasteiger partial charge in [-0.3, -0.25) is 9.20 Å². The first-order valence-electron chi connectivity index (χ1n) is 11.7. The van der Waals surface area contributed by atoms with Crippen LogP contribution in [-0.4, -0.2) is 49.7 Å². The first-order chi connectivity index (χ1) is 18.2. The summed E-state index contributed by atoms with van der Waals surface area (Å²) in [5.74, 6) is -2.40. The molecule has 2 atom stereocenters.